The zero-order valence-corrected chi connectivity index (χ0v) is 9.65. The zero-order valence-electron chi connectivity index (χ0n) is 8.89. The van der Waals surface area contributed by atoms with Crippen LogP contribution in [0.2, 0.25) is 5.02 Å². The molecule has 0 aliphatic carbocycles. The molecule has 0 amide bonds. The number of aromatic nitrogens is 2. The molecule has 1 N–H and O–H groups in total. The zero-order chi connectivity index (χ0) is 11.4. The molecule has 2 heterocycles. The van der Waals surface area contributed by atoms with Crippen LogP contribution in [0.3, 0.4) is 0 Å². The lowest BCUT2D eigenvalue weighted by molar-refractivity contribution is 0.871. The first-order chi connectivity index (χ1) is 7.75. The fourth-order valence-corrected chi connectivity index (χ4v) is 1.53. The number of nitrogens with one attached hydrogen (secondary N) is 1. The lowest BCUT2D eigenvalue weighted by Gasteiger charge is -2.14. The summed E-state index contributed by atoms with van der Waals surface area (Å²) in [5.41, 5.74) is 1.17. The molecule has 82 valence electrons. The van der Waals surface area contributed by atoms with Crippen molar-refractivity contribution in [3.8, 4) is 0 Å². The van der Waals surface area contributed by atoms with Crippen LogP contribution in [0.5, 0.6) is 0 Å². The fraction of sp³-hybridized carbons (Fsp3) is 0.167. The van der Waals surface area contributed by atoms with E-state index in [1.807, 2.05) is 24.3 Å². The number of halogens is 1. The first-order valence-electron chi connectivity index (χ1n) is 5.04. The Labute approximate surface area is 99.5 Å². The molecule has 4 heteroatoms. The number of anilines is 1. The van der Waals surface area contributed by atoms with E-state index in [9.17, 15) is 0 Å². The van der Waals surface area contributed by atoms with Crippen LogP contribution in [0.4, 0.5) is 5.82 Å². The van der Waals surface area contributed by atoms with Crippen LogP contribution in [-0.4, -0.2) is 9.97 Å². The van der Waals surface area contributed by atoms with Crippen LogP contribution in [-0.2, 0) is 0 Å². The number of pyridine rings is 2. The highest BCUT2D eigenvalue weighted by Crippen LogP contribution is 2.17. The van der Waals surface area contributed by atoms with Gasteiger partial charge in [-0.15, -0.1) is 0 Å². The molecular formula is C12H12ClN3. The van der Waals surface area contributed by atoms with Gasteiger partial charge in [0, 0.05) is 18.6 Å². The summed E-state index contributed by atoms with van der Waals surface area (Å²) in [6.45, 7) is 2.08. The molecule has 16 heavy (non-hydrogen) atoms. The van der Waals surface area contributed by atoms with Gasteiger partial charge >= 0.3 is 0 Å². The van der Waals surface area contributed by atoms with Gasteiger partial charge in [-0.05, 0) is 36.8 Å². The largest absolute Gasteiger partial charge is 0.364 e. The van der Waals surface area contributed by atoms with Crippen LogP contribution in [0.15, 0.2) is 42.9 Å². The normalized spacial score (nSPS) is 12.1. The average molecular weight is 234 g/mol. The van der Waals surface area contributed by atoms with Crippen molar-refractivity contribution in [2.24, 2.45) is 0 Å². The minimum Gasteiger partial charge on any atom is -0.364 e. The van der Waals surface area contributed by atoms with E-state index in [-0.39, 0.29) is 6.04 Å². The Hall–Kier alpha value is -1.61. The summed E-state index contributed by atoms with van der Waals surface area (Å²) < 4.78 is 0. The van der Waals surface area contributed by atoms with Gasteiger partial charge in [0.2, 0.25) is 0 Å². The molecule has 0 saturated carbocycles. The summed E-state index contributed by atoms with van der Waals surface area (Å²) in [7, 11) is 0. The van der Waals surface area contributed by atoms with Gasteiger partial charge in [-0.3, -0.25) is 4.98 Å². The van der Waals surface area contributed by atoms with Crippen molar-refractivity contribution in [2.75, 3.05) is 5.32 Å². The van der Waals surface area contributed by atoms with Crippen molar-refractivity contribution in [2.45, 2.75) is 13.0 Å². The van der Waals surface area contributed by atoms with Gasteiger partial charge in [0.05, 0.1) is 11.1 Å². The average Bonchev–Trinajstić information content (AvgIpc) is 2.33. The maximum Gasteiger partial charge on any atom is 0.126 e. The van der Waals surface area contributed by atoms with E-state index in [1.165, 1.54) is 5.56 Å². The SMILES string of the molecule is CC(Nc1ccc(Cl)cn1)c1ccncc1. The second-order valence-corrected chi connectivity index (χ2v) is 3.94. The molecule has 2 aromatic heterocycles. The molecule has 0 saturated heterocycles. The summed E-state index contributed by atoms with van der Waals surface area (Å²) >= 11 is 5.77. The third-order valence-electron chi connectivity index (χ3n) is 2.30. The Kier molecular flexibility index (Phi) is 3.37. The second kappa shape index (κ2) is 4.94. The second-order valence-electron chi connectivity index (χ2n) is 3.51. The molecule has 0 radical (unpaired) electrons. The van der Waals surface area contributed by atoms with Crippen molar-refractivity contribution in [3.63, 3.8) is 0 Å². The van der Waals surface area contributed by atoms with Crippen molar-refractivity contribution in [1.29, 1.82) is 0 Å². The summed E-state index contributed by atoms with van der Waals surface area (Å²) in [6, 6.07) is 7.83. The molecule has 0 spiro atoms. The van der Waals surface area contributed by atoms with Crippen molar-refractivity contribution in [1.82, 2.24) is 9.97 Å². The molecule has 0 aliphatic heterocycles. The minimum absolute atomic E-state index is 0.191. The molecule has 3 nitrogen and oxygen atoms in total. The van der Waals surface area contributed by atoms with Gasteiger partial charge in [0.1, 0.15) is 5.82 Å². The molecule has 2 aromatic rings. The predicted molar refractivity (Wildman–Crippen MR) is 65.5 cm³/mol. The van der Waals surface area contributed by atoms with Gasteiger partial charge in [-0.2, -0.15) is 0 Å². The van der Waals surface area contributed by atoms with Gasteiger partial charge in [-0.25, -0.2) is 4.98 Å². The summed E-state index contributed by atoms with van der Waals surface area (Å²) in [4.78, 5) is 8.17. The van der Waals surface area contributed by atoms with E-state index in [1.54, 1.807) is 18.6 Å². The number of rotatable bonds is 3. The number of hydrogen-bond acceptors (Lipinski definition) is 3. The Morgan fingerprint density at radius 3 is 2.56 bits per heavy atom. The minimum atomic E-state index is 0.191. The fourth-order valence-electron chi connectivity index (χ4n) is 1.42. The quantitative estimate of drug-likeness (QED) is 0.884. The molecule has 0 aromatic carbocycles. The first kappa shape index (κ1) is 10.9. The van der Waals surface area contributed by atoms with Crippen LogP contribution in [0, 0.1) is 0 Å². The van der Waals surface area contributed by atoms with Gasteiger partial charge < -0.3 is 5.32 Å². The molecule has 1 atom stereocenters. The third kappa shape index (κ3) is 2.70. The van der Waals surface area contributed by atoms with E-state index in [4.69, 9.17) is 11.6 Å². The number of nitrogens with zero attached hydrogens (tertiary/aromatic N) is 2. The van der Waals surface area contributed by atoms with Gasteiger partial charge in [0.15, 0.2) is 0 Å². The molecule has 2 rings (SSSR count). The summed E-state index contributed by atoms with van der Waals surface area (Å²) in [5.74, 6) is 0.814. The Morgan fingerprint density at radius 2 is 1.94 bits per heavy atom. The highest BCUT2D eigenvalue weighted by atomic mass is 35.5. The van der Waals surface area contributed by atoms with Crippen LogP contribution < -0.4 is 5.32 Å². The predicted octanol–water partition coefficient (Wildman–Crippen LogP) is 3.30. The Balaban J connectivity index is 2.08. The van der Waals surface area contributed by atoms with Crippen molar-refractivity contribution >= 4 is 17.4 Å². The van der Waals surface area contributed by atoms with E-state index in [0.717, 1.165) is 5.82 Å². The smallest absolute Gasteiger partial charge is 0.126 e. The van der Waals surface area contributed by atoms with E-state index >= 15 is 0 Å². The van der Waals surface area contributed by atoms with E-state index < -0.39 is 0 Å². The van der Waals surface area contributed by atoms with Crippen molar-refractivity contribution in [3.05, 3.63) is 53.4 Å². The standard InChI is InChI=1S/C12H12ClN3/c1-9(10-4-6-14-7-5-10)16-12-3-2-11(13)8-15-12/h2-9H,1H3,(H,15,16). The maximum absolute atomic E-state index is 5.77. The lowest BCUT2D eigenvalue weighted by atomic mass is 10.1. The van der Waals surface area contributed by atoms with Crippen LogP contribution in [0.25, 0.3) is 0 Å². The molecular weight excluding hydrogens is 222 g/mol. The third-order valence-corrected chi connectivity index (χ3v) is 2.52. The molecule has 1 unspecified atom stereocenters. The van der Waals surface area contributed by atoms with Crippen LogP contribution >= 0.6 is 11.6 Å². The van der Waals surface area contributed by atoms with Crippen LogP contribution in [0.1, 0.15) is 18.5 Å². The summed E-state index contributed by atoms with van der Waals surface area (Å²) in [6.07, 6.45) is 5.19. The first-order valence-corrected chi connectivity index (χ1v) is 5.41. The topological polar surface area (TPSA) is 37.8 Å². The summed E-state index contributed by atoms with van der Waals surface area (Å²) in [5, 5.41) is 3.93. The van der Waals surface area contributed by atoms with Gasteiger partial charge in [0.25, 0.3) is 0 Å². The molecule has 0 bridgehead atoms. The van der Waals surface area contributed by atoms with Gasteiger partial charge in [-0.1, -0.05) is 11.6 Å². The highest BCUT2D eigenvalue weighted by molar-refractivity contribution is 6.30. The lowest BCUT2D eigenvalue weighted by Crippen LogP contribution is -2.07. The Morgan fingerprint density at radius 1 is 1.19 bits per heavy atom. The maximum atomic E-state index is 5.77. The van der Waals surface area contributed by atoms with E-state index in [0.29, 0.717) is 5.02 Å². The monoisotopic (exact) mass is 233 g/mol. The Bertz CT molecular complexity index is 442. The molecule has 0 aliphatic rings. The van der Waals surface area contributed by atoms with Crippen molar-refractivity contribution < 1.29 is 0 Å². The number of hydrogen-bond donors (Lipinski definition) is 1. The highest BCUT2D eigenvalue weighted by Gasteiger charge is 2.04. The van der Waals surface area contributed by atoms with E-state index in [2.05, 4.69) is 22.2 Å². The molecule has 0 fully saturated rings.